The number of hydrogen-bond acceptors (Lipinski definition) is 4. The quantitative estimate of drug-likeness (QED) is 0.844. The van der Waals surface area contributed by atoms with Gasteiger partial charge in [0.25, 0.3) is 0 Å². The van der Waals surface area contributed by atoms with Crippen LogP contribution in [0, 0.1) is 5.92 Å². The summed E-state index contributed by atoms with van der Waals surface area (Å²) in [5.41, 5.74) is -0.113. The van der Waals surface area contributed by atoms with E-state index in [1.54, 1.807) is 4.31 Å². The molecule has 1 N–H and O–H groups in total. The Balaban J connectivity index is 1.56. The average molecular weight is 302 g/mol. The van der Waals surface area contributed by atoms with Crippen LogP contribution in [0.4, 0.5) is 0 Å². The molecule has 3 rings (SSSR count). The lowest BCUT2D eigenvalue weighted by molar-refractivity contribution is -0.0915. The lowest BCUT2D eigenvalue weighted by atomic mass is 9.91. The predicted octanol–water partition coefficient (Wildman–Crippen LogP) is 0.961. The minimum absolute atomic E-state index is 0.113. The van der Waals surface area contributed by atoms with Crippen molar-refractivity contribution in [2.24, 2.45) is 5.92 Å². The minimum atomic E-state index is -3.06. The van der Waals surface area contributed by atoms with Crippen molar-refractivity contribution in [3.63, 3.8) is 0 Å². The van der Waals surface area contributed by atoms with Crippen molar-refractivity contribution in [2.45, 2.75) is 44.1 Å². The summed E-state index contributed by atoms with van der Waals surface area (Å²) in [6.07, 6.45) is 6.22. The molecule has 20 heavy (non-hydrogen) atoms. The van der Waals surface area contributed by atoms with Gasteiger partial charge >= 0.3 is 0 Å². The van der Waals surface area contributed by atoms with Gasteiger partial charge in [0.15, 0.2) is 0 Å². The molecule has 5 nitrogen and oxygen atoms in total. The van der Waals surface area contributed by atoms with E-state index in [-0.39, 0.29) is 5.60 Å². The summed E-state index contributed by atoms with van der Waals surface area (Å²) in [6.45, 7) is 3.76. The first-order valence-electron chi connectivity index (χ1n) is 7.92. The lowest BCUT2D eigenvalue weighted by Crippen LogP contribution is -2.56. The highest BCUT2D eigenvalue weighted by Gasteiger charge is 2.40. The second-order valence-corrected chi connectivity index (χ2v) is 8.55. The molecule has 6 heteroatoms. The standard InChI is InChI=1S/C14H26N2O3S/c17-20(18,11-13-3-1-2-4-13)16-8-5-14(6-9-16)12-15-7-10-19-14/h13,15H,1-12H2. The fourth-order valence-corrected chi connectivity index (χ4v) is 5.66. The van der Waals surface area contributed by atoms with Gasteiger partial charge in [0, 0.05) is 26.2 Å². The van der Waals surface area contributed by atoms with Gasteiger partial charge in [-0.25, -0.2) is 12.7 Å². The molecule has 1 spiro atoms. The van der Waals surface area contributed by atoms with Gasteiger partial charge in [-0.15, -0.1) is 0 Å². The fourth-order valence-electron chi connectivity index (χ4n) is 3.78. The molecule has 2 heterocycles. The van der Waals surface area contributed by atoms with E-state index in [0.29, 0.717) is 24.8 Å². The van der Waals surface area contributed by atoms with Gasteiger partial charge in [-0.3, -0.25) is 0 Å². The molecule has 0 aromatic heterocycles. The number of ether oxygens (including phenoxy) is 1. The smallest absolute Gasteiger partial charge is 0.214 e. The van der Waals surface area contributed by atoms with E-state index < -0.39 is 10.0 Å². The SMILES string of the molecule is O=S(=O)(CC1CCCC1)N1CCC2(CC1)CNCCO2. The number of sulfonamides is 1. The van der Waals surface area contributed by atoms with Crippen LogP contribution in [-0.2, 0) is 14.8 Å². The normalized spacial score (nSPS) is 29.0. The molecule has 0 amide bonds. The van der Waals surface area contributed by atoms with Crippen LogP contribution in [0.3, 0.4) is 0 Å². The Morgan fingerprint density at radius 2 is 1.90 bits per heavy atom. The Hall–Kier alpha value is -0.170. The van der Waals surface area contributed by atoms with Crippen molar-refractivity contribution in [1.29, 1.82) is 0 Å². The first-order chi connectivity index (χ1) is 9.60. The van der Waals surface area contributed by atoms with Gasteiger partial charge in [-0.1, -0.05) is 12.8 Å². The van der Waals surface area contributed by atoms with E-state index in [0.717, 1.165) is 45.4 Å². The van der Waals surface area contributed by atoms with Crippen LogP contribution in [0.15, 0.2) is 0 Å². The predicted molar refractivity (Wildman–Crippen MR) is 78.1 cm³/mol. The summed E-state index contributed by atoms with van der Waals surface area (Å²) < 4.78 is 32.6. The van der Waals surface area contributed by atoms with E-state index in [4.69, 9.17) is 4.74 Å². The lowest BCUT2D eigenvalue weighted by Gasteiger charge is -2.43. The highest BCUT2D eigenvalue weighted by molar-refractivity contribution is 7.89. The molecule has 3 aliphatic rings. The van der Waals surface area contributed by atoms with E-state index in [1.165, 1.54) is 12.8 Å². The van der Waals surface area contributed by atoms with E-state index in [1.807, 2.05) is 0 Å². The number of hydrogen-bond donors (Lipinski definition) is 1. The van der Waals surface area contributed by atoms with Crippen LogP contribution in [0.1, 0.15) is 38.5 Å². The third kappa shape index (κ3) is 3.18. The zero-order valence-corrected chi connectivity index (χ0v) is 13.0. The molecule has 2 aliphatic heterocycles. The summed E-state index contributed by atoms with van der Waals surface area (Å²) in [5.74, 6) is 0.752. The van der Waals surface area contributed by atoms with Crippen LogP contribution < -0.4 is 5.32 Å². The molecule has 0 atom stereocenters. The summed E-state index contributed by atoms with van der Waals surface area (Å²) in [7, 11) is -3.06. The highest BCUT2D eigenvalue weighted by Crippen LogP contribution is 2.31. The molecule has 116 valence electrons. The average Bonchev–Trinajstić information content (AvgIpc) is 2.92. The van der Waals surface area contributed by atoms with Crippen molar-refractivity contribution in [1.82, 2.24) is 9.62 Å². The van der Waals surface area contributed by atoms with Gasteiger partial charge in [0.1, 0.15) is 0 Å². The molecule has 1 saturated carbocycles. The van der Waals surface area contributed by atoms with Gasteiger partial charge in [0.2, 0.25) is 10.0 Å². The number of morpholine rings is 1. The van der Waals surface area contributed by atoms with E-state index >= 15 is 0 Å². The summed E-state index contributed by atoms with van der Waals surface area (Å²) in [4.78, 5) is 0. The Kier molecular flexibility index (Phi) is 4.36. The molecule has 3 fully saturated rings. The summed E-state index contributed by atoms with van der Waals surface area (Å²) >= 11 is 0. The largest absolute Gasteiger partial charge is 0.372 e. The van der Waals surface area contributed by atoms with Crippen LogP contribution >= 0.6 is 0 Å². The first-order valence-corrected chi connectivity index (χ1v) is 9.53. The van der Waals surface area contributed by atoms with Crippen molar-refractivity contribution < 1.29 is 13.2 Å². The Morgan fingerprint density at radius 3 is 2.50 bits per heavy atom. The number of nitrogens with one attached hydrogen (secondary N) is 1. The monoisotopic (exact) mass is 302 g/mol. The van der Waals surface area contributed by atoms with Gasteiger partial charge < -0.3 is 10.1 Å². The Labute approximate surface area is 122 Å². The van der Waals surface area contributed by atoms with Crippen LogP contribution in [-0.4, -0.2) is 56.9 Å². The van der Waals surface area contributed by atoms with Gasteiger partial charge in [-0.2, -0.15) is 0 Å². The molecule has 0 radical (unpaired) electrons. The zero-order valence-electron chi connectivity index (χ0n) is 12.1. The maximum absolute atomic E-state index is 12.5. The molecule has 2 saturated heterocycles. The van der Waals surface area contributed by atoms with Crippen molar-refractivity contribution in [3.05, 3.63) is 0 Å². The molecule has 0 unspecified atom stereocenters. The van der Waals surface area contributed by atoms with Gasteiger partial charge in [-0.05, 0) is 31.6 Å². The third-order valence-electron chi connectivity index (χ3n) is 5.08. The second-order valence-electron chi connectivity index (χ2n) is 6.54. The molecular weight excluding hydrogens is 276 g/mol. The van der Waals surface area contributed by atoms with Crippen LogP contribution in [0.25, 0.3) is 0 Å². The summed E-state index contributed by atoms with van der Waals surface area (Å²) in [6, 6.07) is 0. The first kappa shape index (κ1) is 14.8. The molecule has 1 aliphatic carbocycles. The fraction of sp³-hybridized carbons (Fsp3) is 1.00. The van der Waals surface area contributed by atoms with Gasteiger partial charge in [0.05, 0.1) is 18.0 Å². The van der Waals surface area contributed by atoms with E-state index in [9.17, 15) is 8.42 Å². The zero-order chi connectivity index (χ0) is 14.1. The molecular formula is C14H26N2O3S. The van der Waals surface area contributed by atoms with Crippen molar-refractivity contribution in [2.75, 3.05) is 38.5 Å². The number of rotatable bonds is 3. The van der Waals surface area contributed by atoms with Crippen LogP contribution in [0.2, 0.25) is 0 Å². The third-order valence-corrected chi connectivity index (χ3v) is 7.13. The van der Waals surface area contributed by atoms with Crippen molar-refractivity contribution in [3.8, 4) is 0 Å². The second kappa shape index (κ2) is 5.91. The maximum atomic E-state index is 12.5. The molecule has 0 aromatic rings. The van der Waals surface area contributed by atoms with E-state index in [2.05, 4.69) is 5.32 Å². The Bertz CT molecular complexity index is 416. The molecule has 0 bridgehead atoms. The van der Waals surface area contributed by atoms with Crippen LogP contribution in [0.5, 0.6) is 0 Å². The minimum Gasteiger partial charge on any atom is -0.372 e. The number of nitrogens with zero attached hydrogens (tertiary/aromatic N) is 1. The maximum Gasteiger partial charge on any atom is 0.214 e. The Morgan fingerprint density at radius 1 is 1.20 bits per heavy atom. The molecule has 0 aromatic carbocycles. The topological polar surface area (TPSA) is 58.6 Å². The highest BCUT2D eigenvalue weighted by atomic mass is 32.2. The van der Waals surface area contributed by atoms with Crippen molar-refractivity contribution >= 4 is 10.0 Å². The number of piperidine rings is 1. The summed E-state index contributed by atoms with van der Waals surface area (Å²) in [5, 5.41) is 3.36.